The second kappa shape index (κ2) is 5.78. The minimum absolute atomic E-state index is 0.0707. The molecule has 0 aliphatic carbocycles. The Balaban J connectivity index is 2.03. The fourth-order valence-electron chi connectivity index (χ4n) is 1.47. The molecule has 0 radical (unpaired) electrons. The molecule has 2 rings (SSSR count). The zero-order valence-corrected chi connectivity index (χ0v) is 10.2. The number of carbonyl (C=O) groups excluding carboxylic acids is 1. The molecule has 2 aromatic carbocycles. The Bertz CT molecular complexity index is 569. The van der Waals surface area contributed by atoms with Crippen LogP contribution in [-0.4, -0.2) is 11.5 Å². The average Bonchev–Trinajstić information content (AvgIpc) is 2.37. The molecule has 0 saturated carbocycles. The summed E-state index contributed by atoms with van der Waals surface area (Å²) in [5, 5.41) is 0. The third-order valence-corrected chi connectivity index (χ3v) is 3.33. The molecule has 0 bridgehead atoms. The van der Waals surface area contributed by atoms with Crippen molar-refractivity contribution in [1.29, 1.82) is 0 Å². The first-order valence-corrected chi connectivity index (χ1v) is 6.31. The Kier molecular flexibility index (Phi) is 4.10. The van der Waals surface area contributed by atoms with Crippen molar-refractivity contribution >= 4 is 17.5 Å². The van der Waals surface area contributed by atoms with Crippen LogP contribution in [0.25, 0.3) is 0 Å². The van der Waals surface area contributed by atoms with Crippen molar-refractivity contribution in [3.8, 4) is 0 Å². The second-order valence-corrected chi connectivity index (χ2v) is 4.70. The van der Waals surface area contributed by atoms with E-state index in [1.165, 1.54) is 42.1 Å². The molecule has 0 fully saturated rings. The first kappa shape index (κ1) is 12.8. The van der Waals surface area contributed by atoms with Crippen molar-refractivity contribution < 1.29 is 13.6 Å². The van der Waals surface area contributed by atoms with Crippen LogP contribution in [0.2, 0.25) is 0 Å². The van der Waals surface area contributed by atoms with Crippen LogP contribution in [0, 0.1) is 11.6 Å². The second-order valence-electron chi connectivity index (χ2n) is 3.65. The molecule has 0 atom stereocenters. The van der Waals surface area contributed by atoms with Gasteiger partial charge in [-0.25, -0.2) is 8.78 Å². The monoisotopic (exact) mass is 264 g/mol. The molecule has 0 spiro atoms. The third kappa shape index (κ3) is 3.17. The minimum atomic E-state index is -0.526. The number of thioether (sulfide) groups is 1. The fourth-order valence-corrected chi connectivity index (χ4v) is 2.29. The molecule has 0 aliphatic rings. The molecule has 2 aromatic rings. The summed E-state index contributed by atoms with van der Waals surface area (Å²) < 4.78 is 26.3. The van der Waals surface area contributed by atoms with Crippen LogP contribution in [0.1, 0.15) is 10.4 Å². The number of carbonyl (C=O) groups is 1. The van der Waals surface area contributed by atoms with Gasteiger partial charge in [-0.15, -0.1) is 11.8 Å². The molecule has 4 heteroatoms. The van der Waals surface area contributed by atoms with Gasteiger partial charge in [0.2, 0.25) is 0 Å². The van der Waals surface area contributed by atoms with Crippen molar-refractivity contribution in [2.24, 2.45) is 0 Å². The first-order valence-electron chi connectivity index (χ1n) is 5.33. The van der Waals surface area contributed by atoms with Crippen LogP contribution in [0.5, 0.6) is 0 Å². The van der Waals surface area contributed by atoms with E-state index < -0.39 is 5.82 Å². The number of Topliss-reactive ketones (excluding diaryl/α,β-unsaturated/α-hetero) is 1. The summed E-state index contributed by atoms with van der Waals surface area (Å²) in [5.74, 6) is -1.09. The van der Waals surface area contributed by atoms with Crippen LogP contribution in [0.3, 0.4) is 0 Å². The predicted molar refractivity (Wildman–Crippen MR) is 67.9 cm³/mol. The van der Waals surface area contributed by atoms with E-state index >= 15 is 0 Å². The number of rotatable bonds is 4. The zero-order valence-electron chi connectivity index (χ0n) is 9.40. The van der Waals surface area contributed by atoms with E-state index in [0.717, 1.165) is 0 Å². The molecule has 0 N–H and O–H groups in total. The van der Waals surface area contributed by atoms with E-state index in [2.05, 4.69) is 0 Å². The molecule has 0 heterocycles. The number of ketones is 1. The van der Waals surface area contributed by atoms with Crippen LogP contribution in [-0.2, 0) is 0 Å². The van der Waals surface area contributed by atoms with Gasteiger partial charge in [-0.2, -0.15) is 0 Å². The van der Waals surface area contributed by atoms with Crippen LogP contribution >= 0.6 is 11.8 Å². The molecular formula is C14H10F2OS. The Morgan fingerprint density at radius 3 is 2.56 bits per heavy atom. The maximum Gasteiger partial charge on any atom is 0.176 e. The van der Waals surface area contributed by atoms with E-state index in [1.54, 1.807) is 18.2 Å². The summed E-state index contributed by atoms with van der Waals surface area (Å²) in [7, 11) is 0. The van der Waals surface area contributed by atoms with Crippen molar-refractivity contribution in [3.63, 3.8) is 0 Å². The number of halogens is 2. The summed E-state index contributed by atoms with van der Waals surface area (Å²) in [6, 6.07) is 11.8. The van der Waals surface area contributed by atoms with Gasteiger partial charge in [0.1, 0.15) is 11.6 Å². The maximum atomic E-state index is 13.3. The smallest absolute Gasteiger partial charge is 0.176 e. The van der Waals surface area contributed by atoms with E-state index in [9.17, 15) is 13.6 Å². The Morgan fingerprint density at radius 2 is 1.83 bits per heavy atom. The van der Waals surface area contributed by atoms with Crippen molar-refractivity contribution in [3.05, 3.63) is 65.7 Å². The lowest BCUT2D eigenvalue weighted by Gasteiger charge is -2.03. The lowest BCUT2D eigenvalue weighted by Crippen LogP contribution is -2.04. The summed E-state index contributed by atoms with van der Waals surface area (Å²) in [4.78, 5) is 12.4. The third-order valence-electron chi connectivity index (χ3n) is 2.34. The highest BCUT2D eigenvalue weighted by Crippen LogP contribution is 2.20. The topological polar surface area (TPSA) is 17.1 Å². The highest BCUT2D eigenvalue weighted by molar-refractivity contribution is 8.00. The zero-order chi connectivity index (χ0) is 13.0. The molecule has 92 valence electrons. The van der Waals surface area contributed by atoms with E-state index in [1.807, 2.05) is 0 Å². The van der Waals surface area contributed by atoms with Gasteiger partial charge in [-0.1, -0.05) is 18.2 Å². The molecule has 18 heavy (non-hydrogen) atoms. The Morgan fingerprint density at radius 1 is 1.06 bits per heavy atom. The molecule has 1 nitrogen and oxygen atoms in total. The molecule has 0 unspecified atom stereocenters. The van der Waals surface area contributed by atoms with Crippen LogP contribution in [0.15, 0.2) is 53.4 Å². The van der Waals surface area contributed by atoms with Gasteiger partial charge in [-0.05, 0) is 30.3 Å². The Labute approximate surface area is 108 Å². The molecular weight excluding hydrogens is 254 g/mol. The summed E-state index contributed by atoms with van der Waals surface area (Å²) in [5.41, 5.74) is 0.0707. The fraction of sp³-hybridized carbons (Fsp3) is 0.0714. The molecule has 0 aromatic heterocycles. The molecule has 0 aliphatic heterocycles. The summed E-state index contributed by atoms with van der Waals surface area (Å²) in [6.45, 7) is 0. The first-order chi connectivity index (χ1) is 8.66. The predicted octanol–water partition coefficient (Wildman–Crippen LogP) is 3.94. The van der Waals surface area contributed by atoms with Gasteiger partial charge in [0.15, 0.2) is 5.78 Å². The minimum Gasteiger partial charge on any atom is -0.293 e. The lowest BCUT2D eigenvalue weighted by molar-refractivity contribution is 0.101. The van der Waals surface area contributed by atoms with Gasteiger partial charge >= 0.3 is 0 Å². The summed E-state index contributed by atoms with van der Waals surface area (Å²) >= 11 is 1.19. The lowest BCUT2D eigenvalue weighted by atomic mass is 10.1. The van der Waals surface area contributed by atoms with E-state index in [-0.39, 0.29) is 22.9 Å². The Hall–Kier alpha value is -1.68. The largest absolute Gasteiger partial charge is 0.293 e. The number of hydrogen-bond donors (Lipinski definition) is 0. The van der Waals surface area contributed by atoms with Crippen LogP contribution < -0.4 is 0 Å². The van der Waals surface area contributed by atoms with E-state index in [0.29, 0.717) is 4.90 Å². The van der Waals surface area contributed by atoms with Crippen molar-refractivity contribution in [1.82, 2.24) is 0 Å². The normalized spacial score (nSPS) is 10.3. The van der Waals surface area contributed by atoms with Gasteiger partial charge < -0.3 is 0 Å². The van der Waals surface area contributed by atoms with Gasteiger partial charge in [0, 0.05) is 4.90 Å². The maximum absolute atomic E-state index is 13.3. The summed E-state index contributed by atoms with van der Waals surface area (Å²) in [6.07, 6.45) is 0. The average molecular weight is 264 g/mol. The molecule has 0 saturated heterocycles. The van der Waals surface area contributed by atoms with Crippen molar-refractivity contribution in [2.75, 3.05) is 5.75 Å². The van der Waals surface area contributed by atoms with Crippen LogP contribution in [0.4, 0.5) is 8.78 Å². The highest BCUT2D eigenvalue weighted by Gasteiger charge is 2.11. The van der Waals surface area contributed by atoms with Gasteiger partial charge in [-0.3, -0.25) is 4.79 Å². The number of benzene rings is 2. The van der Waals surface area contributed by atoms with Crippen molar-refractivity contribution in [2.45, 2.75) is 4.90 Å². The van der Waals surface area contributed by atoms with E-state index in [4.69, 9.17) is 0 Å². The highest BCUT2D eigenvalue weighted by atomic mass is 32.2. The number of hydrogen-bond acceptors (Lipinski definition) is 2. The van der Waals surface area contributed by atoms with Gasteiger partial charge in [0.05, 0.1) is 11.3 Å². The quantitative estimate of drug-likeness (QED) is 0.614. The molecule has 0 amide bonds. The standard InChI is InChI=1S/C14H10F2OS/c15-10-4-3-5-11(8-10)18-9-14(17)12-6-1-2-7-13(12)16/h1-8H,9H2. The SMILES string of the molecule is O=C(CSc1cccc(F)c1)c1ccccc1F. The van der Waals surface area contributed by atoms with Gasteiger partial charge in [0.25, 0.3) is 0 Å².